The second kappa shape index (κ2) is 8.15. The molecule has 0 saturated carbocycles. The Balaban J connectivity index is 2.04. The lowest BCUT2D eigenvalue weighted by molar-refractivity contribution is -0.119. The molecule has 4 nitrogen and oxygen atoms in total. The Hall–Kier alpha value is -2.97. The van der Waals surface area contributed by atoms with Gasteiger partial charge in [-0.3, -0.25) is 4.79 Å². The number of carbonyl (C=O) groups excluding carboxylic acids is 2. The predicted octanol–water partition coefficient (Wildman–Crippen LogP) is 4.30. The molecular weight excluding hydrogens is 373 g/mol. The molecule has 2 aromatic carbocycles. The first-order valence-corrected chi connectivity index (χ1v) is 7.71. The average molecular weight is 387 g/mol. The zero-order valence-electron chi connectivity index (χ0n) is 14.2. The van der Waals surface area contributed by atoms with Crippen LogP contribution in [0.15, 0.2) is 24.3 Å². The Morgan fingerprint density at radius 3 is 1.85 bits per heavy atom. The van der Waals surface area contributed by atoms with Gasteiger partial charge in [-0.1, -0.05) is 26.0 Å². The molecule has 2 aromatic rings. The summed E-state index contributed by atoms with van der Waals surface area (Å²) >= 11 is 0. The van der Waals surface area contributed by atoms with E-state index in [9.17, 15) is 31.5 Å². The second-order valence-corrected chi connectivity index (χ2v) is 5.85. The van der Waals surface area contributed by atoms with Crippen molar-refractivity contribution in [1.82, 2.24) is 0 Å². The molecule has 0 aliphatic heterocycles. The fourth-order valence-electron chi connectivity index (χ4n) is 2.11. The molecule has 0 fully saturated rings. The van der Waals surface area contributed by atoms with Crippen molar-refractivity contribution in [2.75, 3.05) is 11.9 Å². The summed E-state index contributed by atoms with van der Waals surface area (Å²) in [6.07, 6.45) is 0. The largest absolute Gasteiger partial charge is 0.452 e. The molecule has 27 heavy (non-hydrogen) atoms. The highest BCUT2D eigenvalue weighted by Crippen LogP contribution is 2.27. The van der Waals surface area contributed by atoms with Gasteiger partial charge in [0.05, 0.1) is 5.56 Å². The monoisotopic (exact) mass is 387 g/mol. The minimum absolute atomic E-state index is 0.128. The summed E-state index contributed by atoms with van der Waals surface area (Å²) in [6.45, 7) is 2.93. The standard InChI is InChI=1S/C18H14F5NO3/c1-8(2)9-3-5-10(6-4-9)18(26)27-7-11(25)24-17-15(22)13(20)12(19)14(21)16(17)23/h3-6,8H,7H2,1-2H3,(H,24,25). The first-order valence-electron chi connectivity index (χ1n) is 7.71. The molecule has 0 spiro atoms. The van der Waals surface area contributed by atoms with E-state index < -0.39 is 53.3 Å². The fourth-order valence-corrected chi connectivity index (χ4v) is 2.11. The second-order valence-electron chi connectivity index (χ2n) is 5.85. The van der Waals surface area contributed by atoms with Crippen molar-refractivity contribution in [1.29, 1.82) is 0 Å². The molecule has 0 aliphatic rings. The van der Waals surface area contributed by atoms with E-state index in [4.69, 9.17) is 0 Å². The molecular formula is C18H14F5NO3. The maximum Gasteiger partial charge on any atom is 0.338 e. The van der Waals surface area contributed by atoms with Crippen LogP contribution in [-0.2, 0) is 9.53 Å². The van der Waals surface area contributed by atoms with Gasteiger partial charge in [0.2, 0.25) is 5.82 Å². The number of hydrogen-bond acceptors (Lipinski definition) is 3. The molecule has 0 aromatic heterocycles. The van der Waals surface area contributed by atoms with Gasteiger partial charge in [-0.2, -0.15) is 0 Å². The number of esters is 1. The molecule has 0 heterocycles. The van der Waals surface area contributed by atoms with Crippen molar-refractivity contribution in [3.8, 4) is 0 Å². The smallest absolute Gasteiger partial charge is 0.338 e. The van der Waals surface area contributed by atoms with Crippen LogP contribution in [-0.4, -0.2) is 18.5 Å². The van der Waals surface area contributed by atoms with Crippen LogP contribution in [0.1, 0.15) is 35.7 Å². The molecule has 2 rings (SSSR count). The Bertz CT molecular complexity index is 853. The van der Waals surface area contributed by atoms with E-state index in [1.165, 1.54) is 17.4 Å². The van der Waals surface area contributed by atoms with Crippen LogP contribution in [0.4, 0.5) is 27.6 Å². The normalized spacial score (nSPS) is 10.8. The number of ether oxygens (including phenoxy) is 1. The zero-order chi connectivity index (χ0) is 20.3. The Labute approximate surface area is 150 Å². The molecule has 0 radical (unpaired) electrons. The maximum atomic E-state index is 13.5. The highest BCUT2D eigenvalue weighted by atomic mass is 19.2. The van der Waals surface area contributed by atoms with Crippen LogP contribution in [0.3, 0.4) is 0 Å². The lowest BCUT2D eigenvalue weighted by atomic mass is 10.0. The van der Waals surface area contributed by atoms with Crippen LogP contribution < -0.4 is 5.32 Å². The number of hydrogen-bond donors (Lipinski definition) is 1. The summed E-state index contributed by atoms with van der Waals surface area (Å²) in [5.74, 6) is -13.1. The molecule has 0 atom stereocenters. The summed E-state index contributed by atoms with van der Waals surface area (Å²) < 4.78 is 70.7. The van der Waals surface area contributed by atoms with Gasteiger partial charge in [-0.05, 0) is 23.6 Å². The van der Waals surface area contributed by atoms with Gasteiger partial charge >= 0.3 is 5.97 Å². The van der Waals surface area contributed by atoms with E-state index in [1.807, 2.05) is 13.8 Å². The number of benzene rings is 2. The number of carbonyl (C=O) groups is 2. The molecule has 0 unspecified atom stereocenters. The van der Waals surface area contributed by atoms with Gasteiger partial charge in [-0.25, -0.2) is 26.7 Å². The Morgan fingerprint density at radius 1 is 0.889 bits per heavy atom. The average Bonchev–Trinajstić information content (AvgIpc) is 2.66. The third kappa shape index (κ3) is 4.42. The highest BCUT2D eigenvalue weighted by Gasteiger charge is 2.27. The van der Waals surface area contributed by atoms with Gasteiger partial charge in [0.1, 0.15) is 5.69 Å². The molecule has 1 amide bonds. The molecule has 0 aliphatic carbocycles. The van der Waals surface area contributed by atoms with Crippen molar-refractivity contribution >= 4 is 17.6 Å². The van der Waals surface area contributed by atoms with Gasteiger partial charge < -0.3 is 10.1 Å². The van der Waals surface area contributed by atoms with Crippen LogP contribution in [0.5, 0.6) is 0 Å². The number of halogens is 5. The van der Waals surface area contributed by atoms with Gasteiger partial charge in [0.25, 0.3) is 5.91 Å². The maximum absolute atomic E-state index is 13.5. The summed E-state index contributed by atoms with van der Waals surface area (Å²) in [6, 6.07) is 6.32. The minimum Gasteiger partial charge on any atom is -0.452 e. The lowest BCUT2D eigenvalue weighted by Crippen LogP contribution is -2.23. The first-order chi connectivity index (χ1) is 12.6. The molecule has 0 saturated heterocycles. The third-order valence-electron chi connectivity index (χ3n) is 3.62. The third-order valence-corrected chi connectivity index (χ3v) is 3.62. The van der Waals surface area contributed by atoms with Crippen LogP contribution in [0.25, 0.3) is 0 Å². The predicted molar refractivity (Wildman–Crippen MR) is 85.7 cm³/mol. The highest BCUT2D eigenvalue weighted by molar-refractivity contribution is 5.95. The van der Waals surface area contributed by atoms with Gasteiger partial charge in [0, 0.05) is 0 Å². The van der Waals surface area contributed by atoms with E-state index in [-0.39, 0.29) is 11.5 Å². The Morgan fingerprint density at radius 2 is 1.37 bits per heavy atom. The SMILES string of the molecule is CC(C)c1ccc(C(=O)OCC(=O)Nc2c(F)c(F)c(F)c(F)c2F)cc1. The fraction of sp³-hybridized carbons (Fsp3) is 0.222. The zero-order valence-corrected chi connectivity index (χ0v) is 14.2. The van der Waals surface area contributed by atoms with Crippen molar-refractivity contribution in [3.05, 3.63) is 64.5 Å². The number of amides is 1. The molecule has 144 valence electrons. The quantitative estimate of drug-likeness (QED) is 0.360. The summed E-state index contributed by atoms with van der Waals surface area (Å²) in [5.41, 5.74) is -0.423. The Kier molecular flexibility index (Phi) is 6.14. The van der Waals surface area contributed by atoms with Gasteiger partial charge in [-0.15, -0.1) is 0 Å². The number of anilines is 1. The molecule has 9 heteroatoms. The van der Waals surface area contributed by atoms with Crippen LogP contribution in [0.2, 0.25) is 0 Å². The van der Waals surface area contributed by atoms with E-state index in [2.05, 4.69) is 4.74 Å². The lowest BCUT2D eigenvalue weighted by Gasteiger charge is -2.10. The first kappa shape index (κ1) is 20.3. The van der Waals surface area contributed by atoms with Crippen molar-refractivity contribution in [2.45, 2.75) is 19.8 Å². The van der Waals surface area contributed by atoms with Crippen molar-refractivity contribution in [2.24, 2.45) is 0 Å². The van der Waals surface area contributed by atoms with Gasteiger partial charge in [0.15, 0.2) is 29.9 Å². The van der Waals surface area contributed by atoms with Crippen molar-refractivity contribution in [3.63, 3.8) is 0 Å². The van der Waals surface area contributed by atoms with Crippen LogP contribution in [0, 0.1) is 29.1 Å². The van der Waals surface area contributed by atoms with Crippen LogP contribution >= 0.6 is 0 Å². The topological polar surface area (TPSA) is 55.4 Å². The molecule has 0 bridgehead atoms. The summed E-state index contributed by atoms with van der Waals surface area (Å²) in [5, 5.41) is 1.51. The van der Waals surface area contributed by atoms with E-state index >= 15 is 0 Å². The van der Waals surface area contributed by atoms with E-state index in [0.717, 1.165) is 5.56 Å². The minimum atomic E-state index is -2.35. The van der Waals surface area contributed by atoms with E-state index in [0.29, 0.717) is 0 Å². The summed E-state index contributed by atoms with van der Waals surface area (Å²) in [7, 11) is 0. The summed E-state index contributed by atoms with van der Waals surface area (Å²) in [4.78, 5) is 23.5. The van der Waals surface area contributed by atoms with Crippen molar-refractivity contribution < 1.29 is 36.3 Å². The van der Waals surface area contributed by atoms with E-state index in [1.54, 1.807) is 12.1 Å². The number of nitrogens with one attached hydrogen (secondary N) is 1. The molecule has 1 N–H and O–H groups in total. The number of rotatable bonds is 5.